The first-order valence-electron chi connectivity index (χ1n) is 15.9. The summed E-state index contributed by atoms with van der Waals surface area (Å²) in [5, 5.41) is 1.87. The largest absolute Gasteiger partial charge is 0.461 e. The molecule has 0 aliphatic rings. The fourth-order valence-electron chi connectivity index (χ4n) is 4.55. The van der Waals surface area contributed by atoms with Crippen molar-refractivity contribution in [3.63, 3.8) is 0 Å². The van der Waals surface area contributed by atoms with Crippen LogP contribution >= 0.6 is 22.7 Å². The number of ether oxygens (including phenoxy) is 2. The van der Waals surface area contributed by atoms with Gasteiger partial charge >= 0.3 is 11.9 Å². The number of benzene rings is 1. The molecular weight excluding hydrogens is 561 g/mol. The predicted octanol–water partition coefficient (Wildman–Crippen LogP) is 10.7. The van der Waals surface area contributed by atoms with E-state index in [1.54, 1.807) is 0 Å². The number of carbonyl (C=O) groups excluding carboxylic acids is 2. The summed E-state index contributed by atoms with van der Waals surface area (Å²) in [5.74, 6) is 12.7. The second-order valence-electron chi connectivity index (χ2n) is 10.7. The zero-order valence-corrected chi connectivity index (χ0v) is 27.6. The second-order valence-corrected chi connectivity index (χ2v) is 12.8. The number of unbranched alkanes of at least 4 members (excludes halogenated alkanes) is 10. The van der Waals surface area contributed by atoms with Crippen molar-refractivity contribution < 1.29 is 19.1 Å². The molecule has 0 aliphatic heterocycles. The van der Waals surface area contributed by atoms with Gasteiger partial charge in [0.05, 0.1) is 24.3 Å². The second kappa shape index (κ2) is 18.7. The fourth-order valence-corrected chi connectivity index (χ4v) is 6.70. The van der Waals surface area contributed by atoms with Crippen molar-refractivity contribution in [3.8, 4) is 23.7 Å². The molecule has 0 amide bonds. The van der Waals surface area contributed by atoms with Crippen LogP contribution in [0.25, 0.3) is 20.2 Å². The zero-order chi connectivity index (χ0) is 30.2. The minimum Gasteiger partial charge on any atom is -0.461 e. The minimum absolute atomic E-state index is 0.310. The maximum Gasteiger partial charge on any atom is 0.349 e. The maximum absolute atomic E-state index is 13.1. The summed E-state index contributed by atoms with van der Waals surface area (Å²) in [7, 11) is 0. The lowest BCUT2D eigenvalue weighted by molar-refractivity contribution is 0.0496. The van der Waals surface area contributed by atoms with E-state index in [1.165, 1.54) is 48.4 Å². The first-order chi connectivity index (χ1) is 20.5. The van der Waals surface area contributed by atoms with Gasteiger partial charge in [-0.05, 0) is 37.8 Å². The molecule has 0 atom stereocenters. The summed E-state index contributed by atoms with van der Waals surface area (Å²) in [5.41, 5.74) is 1.47. The molecule has 226 valence electrons. The number of rotatable bonds is 16. The average molecular weight is 607 g/mol. The molecule has 0 fully saturated rings. The van der Waals surface area contributed by atoms with Crippen molar-refractivity contribution in [1.82, 2.24) is 0 Å². The van der Waals surface area contributed by atoms with Gasteiger partial charge in [0, 0.05) is 33.0 Å². The molecule has 4 nitrogen and oxygen atoms in total. The lowest BCUT2D eigenvalue weighted by atomic mass is 10.1. The van der Waals surface area contributed by atoms with Crippen LogP contribution in [0.5, 0.6) is 0 Å². The summed E-state index contributed by atoms with van der Waals surface area (Å²) in [4.78, 5) is 27.4. The molecule has 0 bridgehead atoms. The van der Waals surface area contributed by atoms with Crippen molar-refractivity contribution in [2.75, 3.05) is 13.2 Å². The summed E-state index contributed by atoms with van der Waals surface area (Å²) in [6.07, 6.45) is 14.4. The molecule has 2 heterocycles. The highest BCUT2D eigenvalue weighted by Gasteiger charge is 2.23. The number of carbonyl (C=O) groups is 2. The summed E-state index contributed by atoms with van der Waals surface area (Å²) in [6, 6.07) is 4.15. The molecule has 0 N–H and O–H groups in total. The Morgan fingerprint density at radius 1 is 0.595 bits per heavy atom. The molecule has 42 heavy (non-hydrogen) atoms. The molecule has 1 aromatic carbocycles. The van der Waals surface area contributed by atoms with Gasteiger partial charge in [0.15, 0.2) is 0 Å². The van der Waals surface area contributed by atoms with E-state index in [2.05, 4.69) is 63.5 Å². The first kappa shape index (κ1) is 33.7. The fraction of sp³-hybridized carbons (Fsp3) is 0.556. The Morgan fingerprint density at radius 3 is 1.38 bits per heavy atom. The molecule has 0 aliphatic carbocycles. The highest BCUT2D eigenvalue weighted by Crippen LogP contribution is 2.40. The number of hydrogen-bond acceptors (Lipinski definition) is 6. The topological polar surface area (TPSA) is 52.6 Å². The molecule has 0 spiro atoms. The van der Waals surface area contributed by atoms with Crippen LogP contribution in [0, 0.1) is 23.7 Å². The summed E-state index contributed by atoms with van der Waals surface area (Å²) >= 11 is 2.84. The lowest BCUT2D eigenvalue weighted by Gasteiger charge is -2.02. The van der Waals surface area contributed by atoms with Gasteiger partial charge in [-0.25, -0.2) is 9.59 Å². The Hall–Kier alpha value is -2.80. The van der Waals surface area contributed by atoms with Crippen molar-refractivity contribution in [3.05, 3.63) is 33.0 Å². The van der Waals surface area contributed by atoms with Crippen molar-refractivity contribution in [2.45, 2.75) is 118 Å². The Kier molecular flexibility index (Phi) is 15.0. The third-order valence-electron chi connectivity index (χ3n) is 7.07. The van der Waals surface area contributed by atoms with E-state index in [0.717, 1.165) is 95.5 Å². The van der Waals surface area contributed by atoms with Crippen molar-refractivity contribution in [1.29, 1.82) is 0 Å². The molecule has 3 aromatic rings. The highest BCUT2D eigenvalue weighted by molar-refractivity contribution is 7.22. The van der Waals surface area contributed by atoms with E-state index in [9.17, 15) is 9.59 Å². The van der Waals surface area contributed by atoms with E-state index < -0.39 is 0 Å². The molecule has 0 saturated carbocycles. The molecule has 0 radical (unpaired) electrons. The molecule has 0 saturated heterocycles. The van der Waals surface area contributed by atoms with Gasteiger partial charge in [-0.3, -0.25) is 0 Å². The van der Waals surface area contributed by atoms with Crippen LogP contribution in [0.2, 0.25) is 0 Å². The van der Waals surface area contributed by atoms with Crippen LogP contribution in [-0.2, 0) is 9.47 Å². The molecular formula is C36H46O4S2. The Morgan fingerprint density at radius 2 is 1.00 bits per heavy atom. The molecule has 3 rings (SSSR count). The third-order valence-corrected chi connectivity index (χ3v) is 9.33. The van der Waals surface area contributed by atoms with Gasteiger partial charge in [0.2, 0.25) is 0 Å². The third kappa shape index (κ3) is 9.62. The number of fused-ring (bicyclic) bond motifs is 2. The maximum atomic E-state index is 13.1. The van der Waals surface area contributed by atoms with Gasteiger partial charge in [-0.2, -0.15) is 0 Å². The van der Waals surface area contributed by atoms with Gasteiger partial charge in [-0.1, -0.05) is 103 Å². The van der Waals surface area contributed by atoms with E-state index >= 15 is 0 Å². The van der Waals surface area contributed by atoms with E-state index in [0.29, 0.717) is 23.0 Å². The Labute approximate surface area is 260 Å². The van der Waals surface area contributed by atoms with E-state index in [-0.39, 0.29) is 11.9 Å². The number of esters is 2. The molecule has 0 unspecified atom stereocenters. The lowest BCUT2D eigenvalue weighted by Crippen LogP contribution is -2.06. The van der Waals surface area contributed by atoms with Crippen LogP contribution in [-0.4, -0.2) is 25.2 Å². The summed E-state index contributed by atoms with van der Waals surface area (Å²) < 4.78 is 13.1. The zero-order valence-electron chi connectivity index (χ0n) is 25.9. The van der Waals surface area contributed by atoms with Gasteiger partial charge in [0.25, 0.3) is 0 Å². The van der Waals surface area contributed by atoms with Crippen LogP contribution in [0.3, 0.4) is 0 Å². The van der Waals surface area contributed by atoms with Crippen molar-refractivity contribution >= 4 is 54.8 Å². The Bertz CT molecular complexity index is 1330. The van der Waals surface area contributed by atoms with Gasteiger partial charge in [0.1, 0.15) is 9.75 Å². The molecule has 6 heteroatoms. The summed E-state index contributed by atoms with van der Waals surface area (Å²) in [6.45, 7) is 9.37. The normalized spacial score (nSPS) is 10.8. The van der Waals surface area contributed by atoms with Crippen LogP contribution in [0.15, 0.2) is 12.1 Å². The number of thiophene rings is 2. The SMILES string of the molecule is CCCCCCC#Cc1c(C(=O)OCCCC)sc2cc3c(C#CCCCCCC)c(C(=O)OCCCC)sc3cc12. The van der Waals surface area contributed by atoms with Gasteiger partial charge < -0.3 is 9.47 Å². The molecule has 2 aromatic heterocycles. The minimum atomic E-state index is -0.310. The van der Waals surface area contributed by atoms with E-state index in [4.69, 9.17) is 9.47 Å². The predicted molar refractivity (Wildman–Crippen MR) is 179 cm³/mol. The monoisotopic (exact) mass is 606 g/mol. The van der Waals surface area contributed by atoms with Crippen molar-refractivity contribution in [2.24, 2.45) is 0 Å². The van der Waals surface area contributed by atoms with Crippen LogP contribution < -0.4 is 0 Å². The van der Waals surface area contributed by atoms with Gasteiger partial charge in [-0.15, -0.1) is 22.7 Å². The highest BCUT2D eigenvalue weighted by atomic mass is 32.1. The number of hydrogen-bond donors (Lipinski definition) is 0. The standard InChI is InChI=1S/C36H46O4S2/c1-5-9-13-15-17-19-21-27-29-25-32-30(26-31(29)41-33(27)35(37)39-23-11-7-3)28(22-20-18-16-14-10-6-2)34(42-32)36(38)40-24-12-8-4/h25-26H,5-18,23-24H2,1-4H3. The van der Waals surface area contributed by atoms with Crippen LogP contribution in [0.1, 0.15) is 148 Å². The van der Waals surface area contributed by atoms with E-state index in [1.807, 2.05) is 0 Å². The first-order valence-corrected chi connectivity index (χ1v) is 17.5. The quantitative estimate of drug-likeness (QED) is 0.0924. The van der Waals surface area contributed by atoms with Crippen LogP contribution in [0.4, 0.5) is 0 Å². The average Bonchev–Trinajstić information content (AvgIpc) is 3.53. The smallest absolute Gasteiger partial charge is 0.349 e. The Balaban J connectivity index is 2.06.